The van der Waals surface area contributed by atoms with E-state index in [2.05, 4.69) is 33.8 Å². The molecule has 0 radical (unpaired) electrons. The van der Waals surface area contributed by atoms with Crippen molar-refractivity contribution in [3.63, 3.8) is 0 Å². The molecule has 44 heavy (non-hydrogen) atoms. The Balaban J connectivity index is 0.00000353. The Labute approximate surface area is 300 Å². The van der Waals surface area contributed by atoms with Gasteiger partial charge in [0.1, 0.15) is 0 Å². The largest absolute Gasteiger partial charge is 1.00 e. The topological polar surface area (TPSA) is 164 Å². The molecule has 11 heteroatoms. The number of aromatic amines is 2. The van der Waals surface area contributed by atoms with Crippen LogP contribution in [0.25, 0.3) is 12.2 Å². The number of aromatic nitrogens is 2. The maximum absolute atomic E-state index is 12.3. The molecule has 2 aromatic heterocycles. The monoisotopic (exact) mass is 624 g/mol. The standard InChI is InChI=1S/C33H36N4O6.K.H/c1-7-20-19(6)32(42)37-27(20)14-25-18(5)23(10-12-31(40)41)29(35-25)15-28-22(9-11-30(38)39)17(4)24(34-28)13-26-16(3)21(8-2)33(43)36-26;;/h7-8,13-14,34-35H,1-2,9-12,15H2,3-6H3,(H,36,43)(H,37,42)(H,38,39)(H,40,41);;/q;+1;-1/b26-13-,27-14-;;. The van der Waals surface area contributed by atoms with Crippen molar-refractivity contribution in [2.24, 2.45) is 0 Å². The van der Waals surface area contributed by atoms with Crippen molar-refractivity contribution in [2.45, 2.75) is 59.8 Å². The Kier molecular flexibility index (Phi) is 11.6. The number of carboxylic acids is 2. The van der Waals surface area contributed by atoms with E-state index in [0.29, 0.717) is 34.5 Å². The molecule has 0 atom stereocenters. The van der Waals surface area contributed by atoms with E-state index in [9.17, 15) is 29.4 Å². The minimum Gasteiger partial charge on any atom is -1.00 e. The number of rotatable bonds is 12. The predicted octanol–water partition coefficient (Wildman–Crippen LogP) is 1.65. The van der Waals surface area contributed by atoms with Crippen molar-refractivity contribution in [3.05, 3.63) is 104 Å². The summed E-state index contributed by atoms with van der Waals surface area (Å²) >= 11 is 0. The van der Waals surface area contributed by atoms with E-state index in [0.717, 1.165) is 50.6 Å². The van der Waals surface area contributed by atoms with Gasteiger partial charge in [-0.2, -0.15) is 0 Å². The molecule has 0 fully saturated rings. The number of amides is 2. The van der Waals surface area contributed by atoms with Crippen LogP contribution in [0.3, 0.4) is 0 Å². The Hall–Kier alpha value is -3.48. The second kappa shape index (κ2) is 14.5. The maximum atomic E-state index is 12.3. The van der Waals surface area contributed by atoms with E-state index in [1.807, 2.05) is 32.9 Å². The normalized spacial score (nSPS) is 16.5. The van der Waals surface area contributed by atoms with Gasteiger partial charge in [0.05, 0.1) is 5.70 Å². The average Bonchev–Trinajstić information content (AvgIpc) is 3.59. The van der Waals surface area contributed by atoms with Crippen molar-refractivity contribution in [2.75, 3.05) is 0 Å². The molecule has 6 N–H and O–H groups in total. The molecule has 2 aliphatic heterocycles. The van der Waals surface area contributed by atoms with Crippen LogP contribution in [0.4, 0.5) is 0 Å². The maximum Gasteiger partial charge on any atom is 1.00 e. The summed E-state index contributed by atoms with van der Waals surface area (Å²) < 4.78 is 0. The van der Waals surface area contributed by atoms with Gasteiger partial charge in [0.2, 0.25) is 0 Å². The minimum absolute atomic E-state index is 0. The summed E-state index contributed by atoms with van der Waals surface area (Å²) in [6.45, 7) is 14.9. The SMILES string of the molecule is C=CC1=C(C)/C(=C/c2[nH]c(Cc3[nH]c(/C=C4\NC(=O)C(C)=C4C=C)c(C)c3CCC(=O)O)c(CCC(=O)O)c2C)NC1=O.[H-].[K+]. The van der Waals surface area contributed by atoms with Crippen molar-refractivity contribution < 1.29 is 82.2 Å². The number of aliphatic carboxylic acids is 2. The van der Waals surface area contributed by atoms with E-state index in [-0.39, 0.29) is 90.3 Å². The van der Waals surface area contributed by atoms with Gasteiger partial charge in [0.25, 0.3) is 11.8 Å². The average molecular weight is 625 g/mol. The van der Waals surface area contributed by atoms with Crippen molar-refractivity contribution >= 4 is 35.9 Å². The molecule has 4 rings (SSSR count). The van der Waals surface area contributed by atoms with Gasteiger partial charge in [0, 0.05) is 64.5 Å². The fraction of sp³-hybridized carbons (Fsp3) is 0.273. The van der Waals surface area contributed by atoms with Gasteiger partial charge in [0.15, 0.2) is 0 Å². The molecule has 226 valence electrons. The summed E-state index contributed by atoms with van der Waals surface area (Å²) in [7, 11) is 0. The first kappa shape index (κ1) is 35.0. The van der Waals surface area contributed by atoms with Crippen molar-refractivity contribution in [1.29, 1.82) is 0 Å². The van der Waals surface area contributed by atoms with Gasteiger partial charge in [-0.15, -0.1) is 0 Å². The molecule has 0 unspecified atom stereocenters. The van der Waals surface area contributed by atoms with Crippen LogP contribution < -0.4 is 62.0 Å². The molecule has 0 spiro atoms. The quantitative estimate of drug-likeness (QED) is 0.197. The molecule has 4 heterocycles. The van der Waals surface area contributed by atoms with Gasteiger partial charge in [-0.1, -0.05) is 25.3 Å². The van der Waals surface area contributed by atoms with Gasteiger partial charge in [-0.05, 0) is 80.5 Å². The van der Waals surface area contributed by atoms with E-state index >= 15 is 0 Å². The van der Waals surface area contributed by atoms with Crippen LogP contribution in [0.1, 0.15) is 73.1 Å². The molecule has 0 aliphatic carbocycles. The number of allylic oxidation sites excluding steroid dienone is 2. The fourth-order valence-corrected chi connectivity index (χ4v) is 5.61. The Morgan fingerprint density at radius 2 is 1.18 bits per heavy atom. The zero-order valence-electron chi connectivity index (χ0n) is 26.8. The van der Waals surface area contributed by atoms with Gasteiger partial charge in [-0.3, -0.25) is 19.2 Å². The van der Waals surface area contributed by atoms with Gasteiger partial charge in [-0.25, -0.2) is 0 Å². The Morgan fingerprint density at radius 3 is 1.61 bits per heavy atom. The summed E-state index contributed by atoms with van der Waals surface area (Å²) in [6, 6.07) is 0. The molecule has 2 aromatic rings. The summed E-state index contributed by atoms with van der Waals surface area (Å²) in [5.74, 6) is -2.28. The summed E-state index contributed by atoms with van der Waals surface area (Å²) in [4.78, 5) is 54.5. The molecule has 0 saturated carbocycles. The van der Waals surface area contributed by atoms with E-state index in [4.69, 9.17) is 0 Å². The summed E-state index contributed by atoms with van der Waals surface area (Å²) in [5.41, 5.74) is 10.2. The smallest absolute Gasteiger partial charge is 1.00 e. The van der Waals surface area contributed by atoms with Crippen LogP contribution in [0.5, 0.6) is 0 Å². The Bertz CT molecular complexity index is 1720. The molecule has 0 aromatic carbocycles. The van der Waals surface area contributed by atoms with Gasteiger partial charge < -0.3 is 32.2 Å². The van der Waals surface area contributed by atoms with Crippen LogP contribution in [-0.4, -0.2) is 43.9 Å². The minimum atomic E-state index is -0.922. The third-order valence-corrected chi connectivity index (χ3v) is 8.11. The second-order valence-electron chi connectivity index (χ2n) is 10.7. The number of H-pyrrole nitrogens is 2. The molecule has 2 aliphatic rings. The number of carbonyl (C=O) groups excluding carboxylic acids is 2. The number of carboxylic acid groups (broad SMARTS) is 2. The zero-order chi connectivity index (χ0) is 31.6. The summed E-state index contributed by atoms with van der Waals surface area (Å²) in [6.07, 6.45) is 7.58. The van der Waals surface area contributed by atoms with Crippen molar-refractivity contribution in [3.8, 4) is 0 Å². The third kappa shape index (κ3) is 7.24. The first-order chi connectivity index (χ1) is 20.4. The Morgan fingerprint density at radius 1 is 0.727 bits per heavy atom. The van der Waals surface area contributed by atoms with Crippen LogP contribution in [-0.2, 0) is 38.4 Å². The number of nitrogens with one attached hydrogen (secondary N) is 4. The van der Waals surface area contributed by atoms with Crippen LogP contribution in [0.2, 0.25) is 0 Å². The molecular weight excluding hydrogens is 587 g/mol. The predicted molar refractivity (Wildman–Crippen MR) is 165 cm³/mol. The fourth-order valence-electron chi connectivity index (χ4n) is 5.61. The number of hydrogen-bond acceptors (Lipinski definition) is 4. The van der Waals surface area contributed by atoms with Gasteiger partial charge >= 0.3 is 63.3 Å². The first-order valence-corrected chi connectivity index (χ1v) is 13.9. The molecule has 10 nitrogen and oxygen atoms in total. The van der Waals surface area contributed by atoms with Crippen LogP contribution in [0, 0.1) is 13.8 Å². The van der Waals surface area contributed by atoms with E-state index in [1.165, 1.54) is 6.08 Å². The number of carbonyl (C=O) groups is 4. The van der Waals surface area contributed by atoms with Crippen LogP contribution >= 0.6 is 0 Å². The molecular formula is C33H37KN4O6. The first-order valence-electron chi connectivity index (χ1n) is 13.9. The van der Waals surface area contributed by atoms with E-state index in [1.54, 1.807) is 13.0 Å². The van der Waals surface area contributed by atoms with Crippen LogP contribution in [0.15, 0.2) is 59.0 Å². The molecule has 0 bridgehead atoms. The van der Waals surface area contributed by atoms with Crippen molar-refractivity contribution in [1.82, 2.24) is 20.6 Å². The zero-order valence-corrected chi connectivity index (χ0v) is 28.9. The number of hydrogen-bond donors (Lipinski definition) is 6. The van der Waals surface area contributed by atoms with E-state index < -0.39 is 11.9 Å². The third-order valence-electron chi connectivity index (χ3n) is 8.11. The molecule has 0 saturated heterocycles. The molecule has 2 amide bonds. The summed E-state index contributed by atoms with van der Waals surface area (Å²) in [5, 5.41) is 24.6. The second-order valence-corrected chi connectivity index (χ2v) is 10.7.